The van der Waals surface area contributed by atoms with Crippen LogP contribution < -0.4 is 0 Å². The molecule has 1 fully saturated rings. The minimum absolute atomic E-state index is 0.145. The maximum Gasteiger partial charge on any atom is 0.309 e. The zero-order valence-corrected chi connectivity index (χ0v) is 27.1. The molecular weight excluding hydrogens is 520 g/mol. The van der Waals surface area contributed by atoms with Crippen LogP contribution >= 0.6 is 0 Å². The van der Waals surface area contributed by atoms with Gasteiger partial charge in [-0.25, -0.2) is 0 Å². The Labute approximate surface area is 251 Å². The Kier molecular flexibility index (Phi) is 22.9. The molecule has 0 aliphatic carbocycles. The van der Waals surface area contributed by atoms with Crippen LogP contribution in [0.2, 0.25) is 0 Å². The summed E-state index contributed by atoms with van der Waals surface area (Å²) in [5.41, 5.74) is 0. The molecule has 0 amide bonds. The highest BCUT2D eigenvalue weighted by atomic mass is 16.7. The molecule has 1 unspecified atom stereocenters. The summed E-state index contributed by atoms with van der Waals surface area (Å²) in [4.78, 5) is 28.2. The van der Waals surface area contributed by atoms with Crippen LogP contribution in [0.5, 0.6) is 0 Å². The molecule has 1 aliphatic rings. The first-order valence-electron chi connectivity index (χ1n) is 16.4. The number of hydrogen-bond acceptors (Lipinski definition) is 8. The molecule has 0 aromatic carbocycles. The van der Waals surface area contributed by atoms with Gasteiger partial charge in [0.2, 0.25) is 6.29 Å². The molecule has 0 N–H and O–H groups in total. The monoisotopic (exact) mass is 582 g/mol. The van der Waals surface area contributed by atoms with E-state index in [4.69, 9.17) is 18.9 Å². The van der Waals surface area contributed by atoms with E-state index < -0.39 is 6.29 Å². The van der Waals surface area contributed by atoms with Crippen molar-refractivity contribution in [1.29, 1.82) is 0 Å². The first-order valence-corrected chi connectivity index (χ1v) is 16.4. The number of allylic oxidation sites excluding steroid dienone is 2. The van der Waals surface area contributed by atoms with E-state index >= 15 is 0 Å². The molecule has 0 spiro atoms. The largest absolute Gasteiger partial charge is 0.463 e. The molecule has 0 aromatic rings. The van der Waals surface area contributed by atoms with Crippen molar-refractivity contribution in [2.75, 3.05) is 54.5 Å². The molecule has 8 nitrogen and oxygen atoms in total. The van der Waals surface area contributed by atoms with E-state index in [2.05, 4.69) is 19.1 Å². The number of ether oxygens (including phenoxy) is 4. The van der Waals surface area contributed by atoms with E-state index in [1.807, 2.05) is 38.0 Å². The average Bonchev–Trinajstić information content (AvgIpc) is 3.32. The third-order valence-electron chi connectivity index (χ3n) is 7.32. The van der Waals surface area contributed by atoms with Gasteiger partial charge < -0.3 is 28.7 Å². The Bertz CT molecular complexity index is 685. The molecule has 0 bridgehead atoms. The summed E-state index contributed by atoms with van der Waals surface area (Å²) in [6, 6.07) is 0. The molecule has 1 aliphatic heterocycles. The summed E-state index contributed by atoms with van der Waals surface area (Å²) >= 11 is 0. The van der Waals surface area contributed by atoms with E-state index in [1.54, 1.807) is 0 Å². The molecular formula is C33H62N2O6. The third-order valence-corrected chi connectivity index (χ3v) is 7.32. The van der Waals surface area contributed by atoms with Gasteiger partial charge in [0.25, 0.3) is 0 Å². The lowest BCUT2D eigenvalue weighted by molar-refractivity contribution is -0.196. The predicted molar refractivity (Wildman–Crippen MR) is 166 cm³/mol. The number of unbranched alkanes of at least 4 members (excludes halogenated alkanes) is 12. The summed E-state index contributed by atoms with van der Waals surface area (Å²) in [5.74, 6) is -0.562. The van der Waals surface area contributed by atoms with E-state index in [1.165, 1.54) is 77.0 Å². The van der Waals surface area contributed by atoms with Crippen LogP contribution in [0.1, 0.15) is 116 Å². The van der Waals surface area contributed by atoms with Gasteiger partial charge in [-0.15, -0.1) is 0 Å². The van der Waals surface area contributed by atoms with Crippen molar-refractivity contribution in [3.8, 4) is 0 Å². The highest BCUT2D eigenvalue weighted by molar-refractivity contribution is 5.70. The number of carbonyl (C=O) groups is 2. The number of esters is 2. The maximum absolute atomic E-state index is 12.3. The van der Waals surface area contributed by atoms with Crippen molar-refractivity contribution >= 4 is 11.9 Å². The van der Waals surface area contributed by atoms with E-state index in [-0.39, 0.29) is 30.8 Å². The van der Waals surface area contributed by atoms with Crippen LogP contribution in [0.15, 0.2) is 12.2 Å². The van der Waals surface area contributed by atoms with Crippen molar-refractivity contribution < 1.29 is 28.5 Å². The predicted octanol–water partition coefficient (Wildman–Crippen LogP) is 6.51. The Morgan fingerprint density at radius 1 is 0.756 bits per heavy atom. The summed E-state index contributed by atoms with van der Waals surface area (Å²) < 4.78 is 23.1. The SMILES string of the molecule is CCCCCCCC/C=C\CCCCCCCCOC1C[C@@H](COC(=O)CCN(C)C)O[C@H]1OC(=O)CCN(C)C. The molecule has 0 saturated carbocycles. The molecule has 8 heteroatoms. The van der Waals surface area contributed by atoms with Crippen molar-refractivity contribution in [2.45, 2.75) is 135 Å². The lowest BCUT2D eigenvalue weighted by atomic mass is 10.1. The van der Waals surface area contributed by atoms with Crippen LogP contribution in [0.4, 0.5) is 0 Å². The standard InChI is InChI=1S/C33H62N2O6/c1-6-7-8-9-10-11-12-13-14-15-16-17-18-19-20-21-26-38-30-27-29(28-39-31(36)22-24-34(2)3)40-33(30)41-32(37)23-25-35(4)5/h13-14,29-30,33H,6-12,15-28H2,1-5H3/b14-13-/t29-,30?,33-/m0/s1. The van der Waals surface area contributed by atoms with Gasteiger partial charge in [0.1, 0.15) is 12.7 Å². The zero-order valence-electron chi connectivity index (χ0n) is 27.1. The third kappa shape index (κ3) is 21.8. The first-order chi connectivity index (χ1) is 19.8. The van der Waals surface area contributed by atoms with Gasteiger partial charge in [0, 0.05) is 26.1 Å². The summed E-state index contributed by atoms with van der Waals surface area (Å²) in [6.07, 6.45) is 22.2. The number of carbonyl (C=O) groups excluding carboxylic acids is 2. The molecule has 0 aromatic heterocycles. The Balaban J connectivity index is 2.21. The van der Waals surface area contributed by atoms with Crippen LogP contribution in [-0.4, -0.2) is 94.7 Å². The highest BCUT2D eigenvalue weighted by Gasteiger charge is 2.39. The number of rotatable bonds is 26. The second kappa shape index (κ2) is 25.1. The van der Waals surface area contributed by atoms with Gasteiger partial charge in [0.15, 0.2) is 0 Å². The normalized spacial score (nSPS) is 19.0. The Morgan fingerprint density at radius 3 is 1.88 bits per heavy atom. The number of hydrogen-bond donors (Lipinski definition) is 0. The van der Waals surface area contributed by atoms with Crippen molar-refractivity contribution in [2.24, 2.45) is 0 Å². The van der Waals surface area contributed by atoms with Gasteiger partial charge >= 0.3 is 11.9 Å². The second-order valence-electron chi connectivity index (χ2n) is 12.0. The second-order valence-corrected chi connectivity index (χ2v) is 12.0. The topological polar surface area (TPSA) is 77.5 Å². The van der Waals surface area contributed by atoms with E-state index in [0.717, 1.165) is 12.8 Å². The lowest BCUT2D eigenvalue weighted by Gasteiger charge is -2.20. The van der Waals surface area contributed by atoms with Crippen molar-refractivity contribution in [3.63, 3.8) is 0 Å². The Hall–Kier alpha value is -1.48. The summed E-state index contributed by atoms with van der Waals surface area (Å²) in [5, 5.41) is 0. The summed E-state index contributed by atoms with van der Waals surface area (Å²) in [6.45, 7) is 4.27. The minimum atomic E-state index is -0.760. The smallest absolute Gasteiger partial charge is 0.309 e. The van der Waals surface area contributed by atoms with Crippen LogP contribution in [0.3, 0.4) is 0 Å². The van der Waals surface area contributed by atoms with Crippen LogP contribution in [0, 0.1) is 0 Å². The minimum Gasteiger partial charge on any atom is -0.463 e. The van der Waals surface area contributed by atoms with Gasteiger partial charge in [-0.2, -0.15) is 0 Å². The molecule has 0 radical (unpaired) electrons. The lowest BCUT2D eigenvalue weighted by Crippen LogP contribution is -2.31. The van der Waals surface area contributed by atoms with Gasteiger partial charge in [-0.3, -0.25) is 9.59 Å². The molecule has 1 saturated heterocycles. The molecule has 240 valence electrons. The van der Waals surface area contributed by atoms with Gasteiger partial charge in [-0.05, 0) is 60.3 Å². The van der Waals surface area contributed by atoms with Crippen LogP contribution in [-0.2, 0) is 28.5 Å². The fraction of sp³-hybridized carbons (Fsp3) is 0.879. The van der Waals surface area contributed by atoms with Gasteiger partial charge in [0.05, 0.1) is 18.9 Å². The zero-order chi connectivity index (χ0) is 30.1. The Morgan fingerprint density at radius 2 is 1.29 bits per heavy atom. The fourth-order valence-corrected chi connectivity index (χ4v) is 4.72. The molecule has 41 heavy (non-hydrogen) atoms. The first kappa shape index (κ1) is 37.5. The van der Waals surface area contributed by atoms with Crippen molar-refractivity contribution in [3.05, 3.63) is 12.2 Å². The maximum atomic E-state index is 12.3. The van der Waals surface area contributed by atoms with Gasteiger partial charge in [-0.1, -0.05) is 76.9 Å². The average molecular weight is 583 g/mol. The van der Waals surface area contributed by atoms with E-state index in [0.29, 0.717) is 39.0 Å². The van der Waals surface area contributed by atoms with E-state index in [9.17, 15) is 9.59 Å². The molecule has 3 atom stereocenters. The molecule has 1 heterocycles. The fourth-order valence-electron chi connectivity index (χ4n) is 4.72. The van der Waals surface area contributed by atoms with Crippen molar-refractivity contribution in [1.82, 2.24) is 9.80 Å². The molecule has 1 rings (SSSR count). The summed E-state index contributed by atoms with van der Waals surface area (Å²) in [7, 11) is 7.67. The quantitative estimate of drug-likeness (QED) is 0.0649. The highest BCUT2D eigenvalue weighted by Crippen LogP contribution is 2.26. The van der Waals surface area contributed by atoms with Crippen LogP contribution in [0.25, 0.3) is 0 Å². The number of nitrogens with zero attached hydrogens (tertiary/aromatic N) is 2.